The normalized spacial score (nSPS) is 13.5. The molecule has 0 aliphatic rings. The van der Waals surface area contributed by atoms with Crippen molar-refractivity contribution in [3.63, 3.8) is 0 Å². The highest BCUT2D eigenvalue weighted by Crippen LogP contribution is 2.26. The Bertz CT molecular complexity index is 529. The summed E-state index contributed by atoms with van der Waals surface area (Å²) in [5.74, 6) is 0.847. The Labute approximate surface area is 115 Å². The maximum absolute atomic E-state index is 12.4. The van der Waals surface area contributed by atoms with E-state index >= 15 is 0 Å². The van der Waals surface area contributed by atoms with Gasteiger partial charge in [-0.2, -0.15) is 0 Å². The highest BCUT2D eigenvalue weighted by molar-refractivity contribution is 7.89. The summed E-state index contributed by atoms with van der Waals surface area (Å²) < 4.78 is 31.2. The fraction of sp³-hybridized carbons (Fsp3) is 0.538. The van der Waals surface area contributed by atoms with Gasteiger partial charge >= 0.3 is 0 Å². The molecular formula is C13H22N2O3S. The molecule has 0 amide bonds. The van der Waals surface area contributed by atoms with E-state index in [0.717, 1.165) is 6.42 Å². The minimum absolute atomic E-state index is 0.124. The molecule has 1 aromatic rings. The van der Waals surface area contributed by atoms with E-state index in [2.05, 4.69) is 0 Å². The molecule has 0 aliphatic carbocycles. The molecule has 1 aromatic carbocycles. The van der Waals surface area contributed by atoms with E-state index in [4.69, 9.17) is 10.5 Å². The molecule has 0 heterocycles. The van der Waals surface area contributed by atoms with Crippen LogP contribution in [0.2, 0.25) is 0 Å². The van der Waals surface area contributed by atoms with Crippen LogP contribution < -0.4 is 10.5 Å². The molecule has 0 aliphatic heterocycles. The summed E-state index contributed by atoms with van der Waals surface area (Å²) in [6.07, 6.45) is 0.929. The second kappa shape index (κ2) is 6.25. The van der Waals surface area contributed by atoms with Gasteiger partial charge in [0.05, 0.1) is 12.8 Å². The topological polar surface area (TPSA) is 72.6 Å². The maximum Gasteiger partial charge on any atom is 0.244 e. The Morgan fingerprint density at radius 2 is 2.05 bits per heavy atom. The molecule has 2 N–H and O–H groups in total. The van der Waals surface area contributed by atoms with Crippen molar-refractivity contribution in [1.29, 1.82) is 0 Å². The monoisotopic (exact) mass is 286 g/mol. The van der Waals surface area contributed by atoms with Gasteiger partial charge in [0.1, 0.15) is 10.6 Å². The standard InChI is InChI=1S/C13H22N2O3S/c1-5-10(2)9-15(3)19(16,17)13-7-6-11(18-4)8-12(13)14/h6-8,10H,5,9,14H2,1-4H3. The summed E-state index contributed by atoms with van der Waals surface area (Å²) in [7, 11) is -0.461. The summed E-state index contributed by atoms with van der Waals surface area (Å²) in [5, 5.41) is 0. The molecule has 0 fully saturated rings. The van der Waals surface area contributed by atoms with Gasteiger partial charge in [0.2, 0.25) is 10.0 Å². The SMILES string of the molecule is CCC(C)CN(C)S(=O)(=O)c1ccc(OC)cc1N. The van der Waals surface area contributed by atoms with Crippen molar-refractivity contribution in [2.75, 3.05) is 26.4 Å². The number of hydrogen-bond donors (Lipinski definition) is 1. The van der Waals surface area contributed by atoms with Gasteiger partial charge in [-0.05, 0) is 18.1 Å². The molecule has 0 aromatic heterocycles. The van der Waals surface area contributed by atoms with Crippen molar-refractivity contribution >= 4 is 15.7 Å². The van der Waals surface area contributed by atoms with Gasteiger partial charge in [-0.1, -0.05) is 20.3 Å². The molecule has 6 heteroatoms. The van der Waals surface area contributed by atoms with Crippen LogP contribution in [0.4, 0.5) is 5.69 Å². The van der Waals surface area contributed by atoms with Gasteiger partial charge in [0.25, 0.3) is 0 Å². The molecule has 1 atom stereocenters. The quantitative estimate of drug-likeness (QED) is 0.811. The Morgan fingerprint density at radius 1 is 1.42 bits per heavy atom. The number of sulfonamides is 1. The first kappa shape index (κ1) is 15.8. The van der Waals surface area contributed by atoms with E-state index in [0.29, 0.717) is 18.2 Å². The predicted molar refractivity (Wildman–Crippen MR) is 76.7 cm³/mol. The molecular weight excluding hydrogens is 264 g/mol. The van der Waals surface area contributed by atoms with Crippen LogP contribution in [0.3, 0.4) is 0 Å². The van der Waals surface area contributed by atoms with Crippen LogP contribution in [0.5, 0.6) is 5.75 Å². The average Bonchev–Trinajstić information content (AvgIpc) is 2.37. The minimum atomic E-state index is -3.55. The van der Waals surface area contributed by atoms with Crippen molar-refractivity contribution in [3.05, 3.63) is 18.2 Å². The zero-order valence-electron chi connectivity index (χ0n) is 11.9. The van der Waals surface area contributed by atoms with Gasteiger partial charge in [-0.25, -0.2) is 12.7 Å². The zero-order chi connectivity index (χ0) is 14.6. The molecule has 0 saturated carbocycles. The van der Waals surface area contributed by atoms with Crippen LogP contribution in [0, 0.1) is 5.92 Å². The number of nitrogens with zero attached hydrogens (tertiary/aromatic N) is 1. The number of benzene rings is 1. The van der Waals surface area contributed by atoms with E-state index in [1.165, 1.54) is 23.5 Å². The average molecular weight is 286 g/mol. The maximum atomic E-state index is 12.4. The molecule has 0 radical (unpaired) electrons. The molecule has 5 nitrogen and oxygen atoms in total. The largest absolute Gasteiger partial charge is 0.497 e. The van der Waals surface area contributed by atoms with Crippen molar-refractivity contribution in [3.8, 4) is 5.75 Å². The fourth-order valence-electron chi connectivity index (χ4n) is 1.72. The summed E-state index contributed by atoms with van der Waals surface area (Å²) in [6.45, 7) is 4.53. The van der Waals surface area contributed by atoms with Crippen molar-refractivity contribution in [1.82, 2.24) is 4.31 Å². The van der Waals surface area contributed by atoms with Crippen LogP contribution >= 0.6 is 0 Å². The minimum Gasteiger partial charge on any atom is -0.497 e. The van der Waals surface area contributed by atoms with E-state index in [1.807, 2.05) is 13.8 Å². The number of hydrogen-bond acceptors (Lipinski definition) is 4. The third kappa shape index (κ3) is 3.61. The Kier molecular flexibility index (Phi) is 5.20. The van der Waals surface area contributed by atoms with Gasteiger partial charge in [0.15, 0.2) is 0 Å². The van der Waals surface area contributed by atoms with E-state index in [9.17, 15) is 8.42 Å². The van der Waals surface area contributed by atoms with E-state index in [1.54, 1.807) is 13.1 Å². The van der Waals surface area contributed by atoms with Crippen molar-refractivity contribution < 1.29 is 13.2 Å². The number of anilines is 1. The Morgan fingerprint density at radius 3 is 2.53 bits per heavy atom. The van der Waals surface area contributed by atoms with Crippen molar-refractivity contribution in [2.45, 2.75) is 25.2 Å². The third-order valence-electron chi connectivity index (χ3n) is 3.17. The first-order valence-corrected chi connectivity index (χ1v) is 7.66. The number of ether oxygens (including phenoxy) is 1. The molecule has 108 valence electrons. The van der Waals surface area contributed by atoms with Crippen LogP contribution in [0.25, 0.3) is 0 Å². The smallest absolute Gasteiger partial charge is 0.244 e. The lowest BCUT2D eigenvalue weighted by Gasteiger charge is -2.21. The number of rotatable bonds is 6. The molecule has 0 spiro atoms. The zero-order valence-corrected chi connectivity index (χ0v) is 12.7. The van der Waals surface area contributed by atoms with Crippen LogP contribution in [0.1, 0.15) is 20.3 Å². The lowest BCUT2D eigenvalue weighted by atomic mass is 10.1. The number of methoxy groups -OCH3 is 1. The van der Waals surface area contributed by atoms with Gasteiger partial charge < -0.3 is 10.5 Å². The van der Waals surface area contributed by atoms with Crippen LogP contribution in [-0.4, -0.2) is 33.4 Å². The summed E-state index contributed by atoms with van der Waals surface area (Å²) in [5.41, 5.74) is 6.00. The van der Waals surface area contributed by atoms with Gasteiger partial charge in [0, 0.05) is 19.7 Å². The number of nitrogen functional groups attached to an aromatic ring is 1. The van der Waals surface area contributed by atoms with E-state index in [-0.39, 0.29) is 10.6 Å². The Balaban J connectivity index is 3.06. The van der Waals surface area contributed by atoms with Crippen molar-refractivity contribution in [2.24, 2.45) is 5.92 Å². The predicted octanol–water partition coefficient (Wildman–Crippen LogP) is 1.94. The summed E-state index contributed by atoms with van der Waals surface area (Å²) >= 11 is 0. The fourth-order valence-corrected chi connectivity index (χ4v) is 3.11. The number of nitrogens with two attached hydrogens (primary N) is 1. The Hall–Kier alpha value is -1.27. The second-order valence-corrected chi connectivity index (χ2v) is 6.72. The summed E-state index contributed by atoms with van der Waals surface area (Å²) in [4.78, 5) is 0.124. The highest BCUT2D eigenvalue weighted by atomic mass is 32.2. The molecule has 1 rings (SSSR count). The first-order chi connectivity index (χ1) is 8.82. The second-order valence-electron chi connectivity index (χ2n) is 4.70. The van der Waals surface area contributed by atoms with Crippen LogP contribution in [-0.2, 0) is 10.0 Å². The molecule has 0 bridgehead atoms. The lowest BCUT2D eigenvalue weighted by molar-refractivity contribution is 0.393. The van der Waals surface area contributed by atoms with Gasteiger partial charge in [-0.3, -0.25) is 0 Å². The van der Waals surface area contributed by atoms with Crippen LogP contribution in [0.15, 0.2) is 23.1 Å². The van der Waals surface area contributed by atoms with Gasteiger partial charge in [-0.15, -0.1) is 0 Å². The molecule has 19 heavy (non-hydrogen) atoms. The first-order valence-electron chi connectivity index (χ1n) is 6.22. The molecule has 1 unspecified atom stereocenters. The van der Waals surface area contributed by atoms with E-state index < -0.39 is 10.0 Å². The third-order valence-corrected chi connectivity index (χ3v) is 5.07. The lowest BCUT2D eigenvalue weighted by Crippen LogP contribution is -2.31. The highest BCUT2D eigenvalue weighted by Gasteiger charge is 2.24. The summed E-state index contributed by atoms with van der Waals surface area (Å²) in [6, 6.07) is 4.60. The molecule has 0 saturated heterocycles.